The summed E-state index contributed by atoms with van der Waals surface area (Å²) in [5, 5.41) is 5.41. The van der Waals surface area contributed by atoms with Gasteiger partial charge in [-0.05, 0) is 64.8 Å². The molecule has 0 heterocycles. The third kappa shape index (κ3) is 11.9. The highest BCUT2D eigenvalue weighted by Gasteiger charge is 2.37. The van der Waals surface area contributed by atoms with Gasteiger partial charge in [0.05, 0.1) is 13.7 Å². The van der Waals surface area contributed by atoms with Crippen molar-refractivity contribution < 1.29 is 28.6 Å². The maximum Gasteiger partial charge on any atom is 0.408 e. The fraction of sp³-hybridized carbons (Fsp3) is 0.654. The molecule has 0 aromatic heterocycles. The highest BCUT2D eigenvalue weighted by atomic mass is 16.6. The number of hydrogen-bond acceptors (Lipinski definition) is 6. The van der Waals surface area contributed by atoms with Crippen molar-refractivity contribution in [3.63, 3.8) is 0 Å². The second-order valence-electron chi connectivity index (χ2n) is 9.63. The topological polar surface area (TPSA) is 103 Å². The zero-order valence-corrected chi connectivity index (χ0v) is 21.6. The highest BCUT2D eigenvalue weighted by Crippen LogP contribution is 2.21. The van der Waals surface area contributed by atoms with Crippen LogP contribution in [0.4, 0.5) is 10.5 Å². The minimum Gasteiger partial charge on any atom is -0.494 e. The Morgan fingerprint density at radius 3 is 2.12 bits per heavy atom. The van der Waals surface area contributed by atoms with Crippen LogP contribution in [0, 0.1) is 0 Å². The van der Waals surface area contributed by atoms with Crippen LogP contribution in [0.15, 0.2) is 24.3 Å². The molecule has 0 saturated heterocycles. The summed E-state index contributed by atoms with van der Waals surface area (Å²) in [6.07, 6.45) is 6.45. The van der Waals surface area contributed by atoms with E-state index < -0.39 is 29.1 Å². The number of benzene rings is 1. The summed E-state index contributed by atoms with van der Waals surface area (Å²) < 4.78 is 15.8. The Hall–Kier alpha value is -2.77. The molecule has 8 nitrogen and oxygen atoms in total. The molecule has 34 heavy (non-hydrogen) atoms. The molecule has 1 rings (SSSR count). The molecule has 0 bridgehead atoms. The fourth-order valence-electron chi connectivity index (χ4n) is 3.19. The van der Waals surface area contributed by atoms with Crippen molar-refractivity contribution in [3.8, 4) is 5.75 Å². The number of alkyl carbamates (subject to hydrolysis) is 1. The lowest BCUT2D eigenvalue weighted by atomic mass is 9.94. The zero-order chi connectivity index (χ0) is 25.6. The van der Waals surface area contributed by atoms with E-state index >= 15 is 0 Å². The third-order valence-corrected chi connectivity index (χ3v) is 5.21. The molecule has 0 aliphatic heterocycles. The first-order chi connectivity index (χ1) is 16.0. The number of carbonyl (C=O) groups excluding carboxylic acids is 3. The molecule has 0 spiro atoms. The molecule has 0 fully saturated rings. The van der Waals surface area contributed by atoms with Crippen LogP contribution in [0.5, 0.6) is 5.75 Å². The van der Waals surface area contributed by atoms with Gasteiger partial charge in [0.1, 0.15) is 16.9 Å². The molecule has 0 saturated carbocycles. The second kappa shape index (κ2) is 14.5. The van der Waals surface area contributed by atoms with Crippen LogP contribution >= 0.6 is 0 Å². The van der Waals surface area contributed by atoms with E-state index in [2.05, 4.69) is 22.3 Å². The minimum atomic E-state index is -1.39. The van der Waals surface area contributed by atoms with Gasteiger partial charge in [0.2, 0.25) is 5.91 Å². The average molecular weight is 479 g/mol. The average Bonchev–Trinajstić information content (AvgIpc) is 2.76. The summed E-state index contributed by atoms with van der Waals surface area (Å²) in [6.45, 7) is 9.60. The number of nitrogens with one attached hydrogen (secondary N) is 2. The number of methoxy groups -OCH3 is 1. The van der Waals surface area contributed by atoms with E-state index in [4.69, 9.17) is 9.47 Å². The summed E-state index contributed by atoms with van der Waals surface area (Å²) in [4.78, 5) is 37.1. The first kappa shape index (κ1) is 29.3. The summed E-state index contributed by atoms with van der Waals surface area (Å²) in [5.41, 5.74) is -1.56. The molecule has 192 valence electrons. The van der Waals surface area contributed by atoms with Crippen molar-refractivity contribution in [2.75, 3.05) is 19.0 Å². The van der Waals surface area contributed by atoms with Gasteiger partial charge in [0, 0.05) is 12.1 Å². The quantitative estimate of drug-likeness (QED) is 0.266. The van der Waals surface area contributed by atoms with E-state index in [1.54, 1.807) is 52.0 Å². The van der Waals surface area contributed by atoms with E-state index in [0.717, 1.165) is 18.6 Å². The van der Waals surface area contributed by atoms with Gasteiger partial charge in [-0.1, -0.05) is 39.0 Å². The van der Waals surface area contributed by atoms with E-state index in [-0.39, 0.29) is 12.8 Å². The number of amides is 2. The van der Waals surface area contributed by atoms with E-state index in [1.807, 2.05) is 0 Å². The molecule has 2 N–H and O–H groups in total. The molecule has 8 heteroatoms. The number of ether oxygens (including phenoxy) is 3. The van der Waals surface area contributed by atoms with Crippen molar-refractivity contribution in [2.24, 2.45) is 0 Å². The van der Waals surface area contributed by atoms with Gasteiger partial charge >= 0.3 is 12.1 Å². The van der Waals surface area contributed by atoms with Crippen LogP contribution in [0.3, 0.4) is 0 Å². The number of unbranched alkanes of at least 4 members (excludes halogenated alkanes) is 5. The summed E-state index contributed by atoms with van der Waals surface area (Å²) in [7, 11) is 1.27. The summed E-state index contributed by atoms with van der Waals surface area (Å²) in [6, 6.07) is 7.06. The van der Waals surface area contributed by atoms with Crippen LogP contribution in [-0.2, 0) is 19.1 Å². The van der Waals surface area contributed by atoms with Gasteiger partial charge in [0.15, 0.2) is 0 Å². The summed E-state index contributed by atoms with van der Waals surface area (Å²) in [5.74, 6) is -0.216. The first-order valence-electron chi connectivity index (χ1n) is 12.1. The smallest absolute Gasteiger partial charge is 0.408 e. The Bertz CT molecular complexity index is 772. The predicted molar refractivity (Wildman–Crippen MR) is 133 cm³/mol. The molecule has 1 atom stereocenters. The zero-order valence-electron chi connectivity index (χ0n) is 21.6. The van der Waals surface area contributed by atoms with Crippen LogP contribution in [0.25, 0.3) is 0 Å². The number of esters is 1. The normalized spacial score (nSPS) is 12.9. The number of carbonyl (C=O) groups is 3. The second-order valence-corrected chi connectivity index (χ2v) is 9.63. The minimum absolute atomic E-state index is 0.0402. The van der Waals surface area contributed by atoms with Crippen molar-refractivity contribution in [1.29, 1.82) is 0 Å². The molecule has 0 aliphatic carbocycles. The maximum absolute atomic E-state index is 13.1. The van der Waals surface area contributed by atoms with Gasteiger partial charge in [0.25, 0.3) is 0 Å². The molecule has 2 amide bonds. The Morgan fingerprint density at radius 1 is 0.912 bits per heavy atom. The Kier molecular flexibility index (Phi) is 12.5. The van der Waals surface area contributed by atoms with Crippen LogP contribution < -0.4 is 15.4 Å². The lowest BCUT2D eigenvalue weighted by Crippen LogP contribution is -2.55. The SMILES string of the molecule is CCCCCCCCOc1ccc(NC(=O)[C@](C)(CCC(=O)OC)NC(=O)OC(C)(C)C)cc1. The molecular weight excluding hydrogens is 436 g/mol. The van der Waals surface area contributed by atoms with Crippen molar-refractivity contribution in [2.45, 2.75) is 97.1 Å². The van der Waals surface area contributed by atoms with E-state index in [1.165, 1.54) is 32.8 Å². The number of anilines is 1. The van der Waals surface area contributed by atoms with Gasteiger partial charge in [-0.2, -0.15) is 0 Å². The summed E-state index contributed by atoms with van der Waals surface area (Å²) >= 11 is 0. The van der Waals surface area contributed by atoms with Gasteiger partial charge in [-0.25, -0.2) is 4.79 Å². The molecule has 1 aromatic rings. The number of rotatable bonds is 14. The predicted octanol–water partition coefficient (Wildman–Crippen LogP) is 5.60. The van der Waals surface area contributed by atoms with Gasteiger partial charge in [-0.15, -0.1) is 0 Å². The third-order valence-electron chi connectivity index (χ3n) is 5.21. The lowest BCUT2D eigenvalue weighted by Gasteiger charge is -2.30. The van der Waals surface area contributed by atoms with E-state index in [9.17, 15) is 14.4 Å². The Morgan fingerprint density at radius 2 is 1.53 bits per heavy atom. The molecule has 0 aliphatic rings. The molecule has 0 radical (unpaired) electrons. The standard InChI is InChI=1S/C26H42N2O6/c1-7-8-9-10-11-12-19-33-21-15-13-20(14-16-21)27-23(30)26(5,18-17-22(29)32-6)28-24(31)34-25(2,3)4/h13-16H,7-12,17-19H2,1-6H3,(H,27,30)(H,28,31)/t26-/m0/s1. The highest BCUT2D eigenvalue weighted by molar-refractivity contribution is 6.00. The van der Waals surface area contributed by atoms with Crippen molar-refractivity contribution in [3.05, 3.63) is 24.3 Å². The van der Waals surface area contributed by atoms with Crippen LogP contribution in [-0.4, -0.2) is 42.8 Å². The largest absolute Gasteiger partial charge is 0.494 e. The Labute approximate surface area is 204 Å². The van der Waals surface area contributed by atoms with Crippen LogP contribution in [0.2, 0.25) is 0 Å². The Balaban J connectivity index is 2.70. The fourth-order valence-corrected chi connectivity index (χ4v) is 3.19. The monoisotopic (exact) mass is 478 g/mol. The maximum atomic E-state index is 13.1. The molecule has 0 unspecified atom stereocenters. The van der Waals surface area contributed by atoms with Crippen LogP contribution in [0.1, 0.15) is 86.0 Å². The molecule has 1 aromatic carbocycles. The van der Waals surface area contributed by atoms with Crippen molar-refractivity contribution in [1.82, 2.24) is 5.32 Å². The lowest BCUT2D eigenvalue weighted by molar-refractivity contribution is -0.141. The van der Waals surface area contributed by atoms with Gasteiger partial charge < -0.3 is 24.8 Å². The van der Waals surface area contributed by atoms with Crippen molar-refractivity contribution >= 4 is 23.7 Å². The van der Waals surface area contributed by atoms with E-state index in [0.29, 0.717) is 12.3 Å². The first-order valence-corrected chi connectivity index (χ1v) is 12.1. The van der Waals surface area contributed by atoms with Gasteiger partial charge in [-0.3, -0.25) is 9.59 Å². The number of hydrogen-bond donors (Lipinski definition) is 2. The molecular formula is C26H42N2O6.